The zero-order valence-corrected chi connectivity index (χ0v) is 11.7. The summed E-state index contributed by atoms with van der Waals surface area (Å²) in [4.78, 5) is 5.69. The Kier molecular flexibility index (Phi) is 3.66. The molecule has 0 amide bonds. The Morgan fingerprint density at radius 3 is 3.21 bits per heavy atom. The van der Waals surface area contributed by atoms with Gasteiger partial charge in [0, 0.05) is 36.7 Å². The quantitative estimate of drug-likeness (QED) is 0.752. The second kappa shape index (κ2) is 5.59. The lowest BCUT2D eigenvalue weighted by Gasteiger charge is -2.13. The molecule has 0 bridgehead atoms. The number of nitrogens with one attached hydrogen (secondary N) is 1. The maximum Gasteiger partial charge on any atom is 0.193 e. The number of rotatable bonds is 6. The minimum Gasteiger partial charge on any atom is -0.469 e. The average Bonchev–Trinajstić information content (AvgIpc) is 3.10. The molecular formula is C14H17N3OS. The summed E-state index contributed by atoms with van der Waals surface area (Å²) in [6.45, 7) is 0. The molecule has 0 fully saturated rings. The number of aromatic nitrogens is 2. The van der Waals surface area contributed by atoms with Crippen molar-refractivity contribution in [3.05, 3.63) is 47.6 Å². The molecule has 1 unspecified atom stereocenters. The Bertz CT molecular complexity index is 598. The third-order valence-corrected chi connectivity index (χ3v) is 4.10. The number of hydrogen-bond acceptors (Lipinski definition) is 4. The van der Waals surface area contributed by atoms with Crippen molar-refractivity contribution in [1.29, 1.82) is 0 Å². The average molecular weight is 275 g/mol. The van der Waals surface area contributed by atoms with E-state index in [1.54, 1.807) is 17.6 Å². The van der Waals surface area contributed by atoms with Gasteiger partial charge in [0.2, 0.25) is 0 Å². The molecule has 0 saturated carbocycles. The molecule has 0 radical (unpaired) electrons. The zero-order chi connectivity index (χ0) is 13.1. The first kappa shape index (κ1) is 12.4. The van der Waals surface area contributed by atoms with E-state index >= 15 is 0 Å². The number of imidazole rings is 1. The van der Waals surface area contributed by atoms with Gasteiger partial charge in [-0.2, -0.15) is 0 Å². The minimum absolute atomic E-state index is 0.426. The van der Waals surface area contributed by atoms with Crippen LogP contribution in [0.3, 0.4) is 0 Å². The van der Waals surface area contributed by atoms with Crippen molar-refractivity contribution in [1.82, 2.24) is 14.7 Å². The van der Waals surface area contributed by atoms with Crippen molar-refractivity contribution in [2.24, 2.45) is 0 Å². The molecule has 0 aliphatic carbocycles. The van der Waals surface area contributed by atoms with Gasteiger partial charge in [0.25, 0.3) is 0 Å². The second-order valence-corrected chi connectivity index (χ2v) is 5.51. The van der Waals surface area contributed by atoms with Gasteiger partial charge in [-0.1, -0.05) is 0 Å². The van der Waals surface area contributed by atoms with Crippen LogP contribution in [0.25, 0.3) is 4.96 Å². The van der Waals surface area contributed by atoms with Crippen molar-refractivity contribution in [3.8, 4) is 0 Å². The number of fused-ring (bicyclic) bond motifs is 1. The van der Waals surface area contributed by atoms with Gasteiger partial charge in [-0.25, -0.2) is 4.98 Å². The van der Waals surface area contributed by atoms with Gasteiger partial charge in [0.15, 0.2) is 4.96 Å². The lowest BCUT2D eigenvalue weighted by molar-refractivity contribution is 0.458. The van der Waals surface area contributed by atoms with Gasteiger partial charge < -0.3 is 9.73 Å². The van der Waals surface area contributed by atoms with Crippen molar-refractivity contribution in [2.75, 3.05) is 7.05 Å². The summed E-state index contributed by atoms with van der Waals surface area (Å²) in [6.07, 6.45) is 8.85. The molecule has 1 N–H and O–H groups in total. The summed E-state index contributed by atoms with van der Waals surface area (Å²) in [7, 11) is 2.01. The molecule has 0 spiro atoms. The molecule has 0 aliphatic heterocycles. The van der Waals surface area contributed by atoms with E-state index in [0.29, 0.717) is 6.04 Å². The number of thiazole rings is 1. The molecule has 3 aromatic heterocycles. The van der Waals surface area contributed by atoms with E-state index in [9.17, 15) is 0 Å². The van der Waals surface area contributed by atoms with E-state index in [-0.39, 0.29) is 0 Å². The fourth-order valence-electron chi connectivity index (χ4n) is 2.25. The Labute approximate surface area is 116 Å². The molecule has 0 aliphatic rings. The summed E-state index contributed by atoms with van der Waals surface area (Å²) in [6, 6.07) is 4.39. The maximum absolute atomic E-state index is 5.37. The lowest BCUT2D eigenvalue weighted by Crippen LogP contribution is -2.28. The van der Waals surface area contributed by atoms with E-state index in [1.165, 1.54) is 0 Å². The molecule has 4 nitrogen and oxygen atoms in total. The summed E-state index contributed by atoms with van der Waals surface area (Å²) in [5, 5.41) is 5.42. The number of hydrogen-bond donors (Lipinski definition) is 1. The SMILES string of the molecule is CNC(CCc1ccco1)Cc1cn2ccsc2n1. The predicted molar refractivity (Wildman–Crippen MR) is 76.6 cm³/mol. The van der Waals surface area contributed by atoms with Crippen molar-refractivity contribution in [3.63, 3.8) is 0 Å². The van der Waals surface area contributed by atoms with Crippen molar-refractivity contribution >= 4 is 16.3 Å². The Hall–Kier alpha value is -1.59. The van der Waals surface area contributed by atoms with E-state index in [2.05, 4.69) is 26.3 Å². The second-order valence-electron chi connectivity index (χ2n) is 4.63. The molecule has 100 valence electrons. The van der Waals surface area contributed by atoms with Crippen LogP contribution in [0.15, 0.2) is 40.6 Å². The smallest absolute Gasteiger partial charge is 0.193 e. The molecule has 0 saturated heterocycles. The van der Waals surface area contributed by atoms with Gasteiger partial charge in [-0.3, -0.25) is 4.40 Å². The third kappa shape index (κ3) is 2.88. The summed E-state index contributed by atoms with van der Waals surface area (Å²) < 4.78 is 7.45. The standard InChI is InChI=1S/C14H17N3OS/c1-15-11(4-5-13-3-2-7-18-13)9-12-10-17-6-8-19-14(17)16-12/h2-3,6-8,10-11,15H,4-5,9H2,1H3. The van der Waals surface area contributed by atoms with Crippen LogP contribution >= 0.6 is 11.3 Å². The molecule has 1 atom stereocenters. The van der Waals surface area contributed by atoms with Crippen LogP contribution in [0.2, 0.25) is 0 Å². The van der Waals surface area contributed by atoms with Crippen LogP contribution in [-0.2, 0) is 12.8 Å². The molecule has 0 aromatic carbocycles. The Morgan fingerprint density at radius 2 is 2.47 bits per heavy atom. The van der Waals surface area contributed by atoms with Gasteiger partial charge in [0.1, 0.15) is 5.76 Å². The molecular weight excluding hydrogens is 258 g/mol. The Balaban J connectivity index is 1.61. The summed E-state index contributed by atoms with van der Waals surface area (Å²) in [5.74, 6) is 1.05. The van der Waals surface area contributed by atoms with Crippen molar-refractivity contribution < 1.29 is 4.42 Å². The van der Waals surface area contributed by atoms with Crippen LogP contribution in [0, 0.1) is 0 Å². The van der Waals surface area contributed by atoms with Crippen molar-refractivity contribution in [2.45, 2.75) is 25.3 Å². The van der Waals surface area contributed by atoms with Crippen LogP contribution in [-0.4, -0.2) is 22.5 Å². The third-order valence-electron chi connectivity index (χ3n) is 3.33. The van der Waals surface area contributed by atoms with Crippen LogP contribution < -0.4 is 5.32 Å². The van der Waals surface area contributed by atoms with Crippen LogP contribution in [0.5, 0.6) is 0 Å². The first-order valence-electron chi connectivity index (χ1n) is 6.46. The number of aryl methyl sites for hydroxylation is 1. The Morgan fingerprint density at radius 1 is 1.53 bits per heavy atom. The van der Waals surface area contributed by atoms with Gasteiger partial charge in [0.05, 0.1) is 12.0 Å². The molecule has 3 heterocycles. The van der Waals surface area contributed by atoms with Gasteiger partial charge in [-0.05, 0) is 25.6 Å². The molecule has 19 heavy (non-hydrogen) atoms. The summed E-state index contributed by atoms with van der Waals surface area (Å²) in [5.41, 5.74) is 1.14. The highest BCUT2D eigenvalue weighted by atomic mass is 32.1. The first-order chi connectivity index (χ1) is 9.35. The van der Waals surface area contributed by atoms with E-state index in [1.807, 2.05) is 25.4 Å². The highest BCUT2D eigenvalue weighted by Gasteiger charge is 2.11. The summed E-state index contributed by atoms with van der Waals surface area (Å²) >= 11 is 1.67. The van der Waals surface area contributed by atoms with Gasteiger partial charge in [-0.15, -0.1) is 11.3 Å². The van der Waals surface area contributed by atoms with Gasteiger partial charge >= 0.3 is 0 Å². The van der Waals surface area contributed by atoms with Crippen LogP contribution in [0.1, 0.15) is 17.9 Å². The van der Waals surface area contributed by atoms with Crippen LogP contribution in [0.4, 0.5) is 0 Å². The zero-order valence-electron chi connectivity index (χ0n) is 10.9. The maximum atomic E-state index is 5.37. The van der Waals surface area contributed by atoms with E-state index in [4.69, 9.17) is 4.42 Å². The number of furan rings is 1. The first-order valence-corrected chi connectivity index (χ1v) is 7.34. The molecule has 3 rings (SSSR count). The van der Waals surface area contributed by atoms with E-state index in [0.717, 1.165) is 35.7 Å². The highest BCUT2D eigenvalue weighted by Crippen LogP contribution is 2.14. The monoisotopic (exact) mass is 275 g/mol. The highest BCUT2D eigenvalue weighted by molar-refractivity contribution is 7.15. The predicted octanol–water partition coefficient (Wildman–Crippen LogP) is 2.75. The largest absolute Gasteiger partial charge is 0.469 e. The topological polar surface area (TPSA) is 42.5 Å². The number of nitrogens with zero attached hydrogens (tertiary/aromatic N) is 2. The fourth-order valence-corrected chi connectivity index (χ4v) is 2.97. The normalized spacial score (nSPS) is 13.1. The molecule has 5 heteroatoms. The fraction of sp³-hybridized carbons (Fsp3) is 0.357. The molecule has 3 aromatic rings. The van der Waals surface area contributed by atoms with E-state index < -0.39 is 0 Å². The minimum atomic E-state index is 0.426. The number of likely N-dealkylation sites (N-methyl/N-ethyl adjacent to an activating group) is 1. The lowest BCUT2D eigenvalue weighted by atomic mass is 10.1.